The normalized spacial score (nSPS) is 16.9. The average molecular weight is 361 g/mol. The Morgan fingerprint density at radius 1 is 1.00 bits per heavy atom. The van der Waals surface area contributed by atoms with Crippen LogP contribution in [-0.2, 0) is 10.2 Å². The summed E-state index contributed by atoms with van der Waals surface area (Å²) in [4.78, 5) is 14.6. The Morgan fingerprint density at radius 2 is 1.65 bits per heavy atom. The van der Waals surface area contributed by atoms with Crippen LogP contribution in [0.15, 0.2) is 66.0 Å². The highest BCUT2D eigenvalue weighted by atomic mass is 32.1. The van der Waals surface area contributed by atoms with Gasteiger partial charge in [-0.1, -0.05) is 42.5 Å². The van der Waals surface area contributed by atoms with E-state index in [0.29, 0.717) is 6.54 Å². The molecule has 0 spiro atoms. The maximum atomic E-state index is 13.2. The van der Waals surface area contributed by atoms with Crippen LogP contribution >= 0.6 is 11.3 Å². The van der Waals surface area contributed by atoms with Gasteiger partial charge < -0.3 is 10.1 Å². The zero-order chi connectivity index (χ0) is 17.6. The van der Waals surface area contributed by atoms with E-state index in [4.69, 9.17) is 4.74 Å². The van der Waals surface area contributed by atoms with Gasteiger partial charge in [-0.3, -0.25) is 4.79 Å². The molecule has 26 heavy (non-hydrogen) atoms. The second-order valence-electron chi connectivity index (χ2n) is 7.09. The van der Waals surface area contributed by atoms with Gasteiger partial charge in [0.15, 0.2) is 0 Å². The molecule has 0 atom stereocenters. The Kier molecular flexibility index (Phi) is 3.61. The number of carbonyl (C=O) groups excluding carboxylic acids is 1. The molecule has 1 aliphatic carbocycles. The molecule has 2 heterocycles. The second kappa shape index (κ2) is 5.99. The summed E-state index contributed by atoms with van der Waals surface area (Å²) in [5.74, 6) is 1.27. The molecule has 130 valence electrons. The van der Waals surface area contributed by atoms with Crippen molar-refractivity contribution in [3.8, 4) is 11.5 Å². The number of nitrogens with one attached hydrogen (secondary N) is 1. The van der Waals surface area contributed by atoms with Crippen LogP contribution in [-0.4, -0.2) is 12.5 Å². The molecule has 0 unspecified atom stereocenters. The van der Waals surface area contributed by atoms with Crippen LogP contribution in [0.25, 0.3) is 0 Å². The summed E-state index contributed by atoms with van der Waals surface area (Å²) in [6.07, 6.45) is 2.30. The number of carbonyl (C=O) groups is 1. The van der Waals surface area contributed by atoms with Crippen molar-refractivity contribution in [2.75, 3.05) is 6.54 Å². The second-order valence-corrected chi connectivity index (χ2v) is 8.03. The van der Waals surface area contributed by atoms with Crippen molar-refractivity contribution in [2.45, 2.75) is 24.2 Å². The summed E-state index contributed by atoms with van der Waals surface area (Å²) in [6.45, 7) is 0.702. The SMILES string of the molecule is O=C(NCC1(c2cccs2)CC1)C1c2ccccc2Oc2ccccc21. The summed E-state index contributed by atoms with van der Waals surface area (Å²) in [7, 11) is 0. The van der Waals surface area contributed by atoms with Gasteiger partial charge in [0.1, 0.15) is 11.5 Å². The Bertz CT molecular complexity index is 914. The minimum absolute atomic E-state index is 0.0519. The molecule has 4 heteroatoms. The quantitative estimate of drug-likeness (QED) is 0.722. The lowest BCUT2D eigenvalue weighted by Crippen LogP contribution is -2.36. The van der Waals surface area contributed by atoms with Gasteiger partial charge in [-0.05, 0) is 36.4 Å². The molecule has 3 aromatic rings. The first-order valence-electron chi connectivity index (χ1n) is 8.94. The zero-order valence-electron chi connectivity index (χ0n) is 14.3. The monoisotopic (exact) mass is 361 g/mol. The first-order chi connectivity index (χ1) is 12.8. The summed E-state index contributed by atoms with van der Waals surface area (Å²) >= 11 is 1.79. The molecule has 1 aromatic heterocycles. The van der Waals surface area contributed by atoms with Crippen LogP contribution in [0, 0.1) is 0 Å². The summed E-state index contributed by atoms with van der Waals surface area (Å²) in [5, 5.41) is 5.35. The number of fused-ring (bicyclic) bond motifs is 2. The largest absolute Gasteiger partial charge is 0.457 e. The van der Waals surface area contributed by atoms with Crippen LogP contribution in [0.5, 0.6) is 11.5 Å². The average Bonchev–Trinajstić information content (AvgIpc) is 3.26. The molecule has 0 bridgehead atoms. The third-order valence-electron chi connectivity index (χ3n) is 5.44. The number of benzene rings is 2. The zero-order valence-corrected chi connectivity index (χ0v) is 15.1. The van der Waals surface area contributed by atoms with Gasteiger partial charge in [0.05, 0.1) is 5.92 Å². The van der Waals surface area contributed by atoms with Gasteiger partial charge in [-0.15, -0.1) is 11.3 Å². The van der Waals surface area contributed by atoms with Crippen molar-refractivity contribution in [3.05, 3.63) is 82.0 Å². The van der Waals surface area contributed by atoms with E-state index in [1.54, 1.807) is 11.3 Å². The number of hydrogen-bond acceptors (Lipinski definition) is 3. The Morgan fingerprint density at radius 3 is 2.23 bits per heavy atom. The number of rotatable bonds is 4. The number of amides is 1. The van der Waals surface area contributed by atoms with E-state index in [2.05, 4.69) is 22.8 Å². The van der Waals surface area contributed by atoms with Gasteiger partial charge in [0.2, 0.25) is 5.91 Å². The molecule has 5 rings (SSSR count). The first-order valence-corrected chi connectivity index (χ1v) is 9.82. The lowest BCUT2D eigenvalue weighted by molar-refractivity contribution is -0.121. The number of ether oxygens (including phenoxy) is 1. The van der Waals surface area contributed by atoms with Crippen LogP contribution in [0.1, 0.15) is 34.8 Å². The maximum Gasteiger partial charge on any atom is 0.232 e. The van der Waals surface area contributed by atoms with Crippen LogP contribution in [0.2, 0.25) is 0 Å². The molecule has 0 radical (unpaired) electrons. The minimum Gasteiger partial charge on any atom is -0.457 e. The first kappa shape index (κ1) is 15.6. The lowest BCUT2D eigenvalue weighted by atomic mass is 9.87. The molecule has 3 nitrogen and oxygen atoms in total. The molecular weight excluding hydrogens is 342 g/mol. The van der Waals surface area contributed by atoms with E-state index in [-0.39, 0.29) is 17.2 Å². The van der Waals surface area contributed by atoms with Crippen LogP contribution < -0.4 is 10.1 Å². The van der Waals surface area contributed by atoms with E-state index >= 15 is 0 Å². The van der Waals surface area contributed by atoms with Gasteiger partial charge in [0.25, 0.3) is 0 Å². The molecule has 2 aromatic carbocycles. The summed E-state index contributed by atoms with van der Waals surface area (Å²) < 4.78 is 6.00. The highest BCUT2D eigenvalue weighted by molar-refractivity contribution is 7.10. The van der Waals surface area contributed by atoms with E-state index < -0.39 is 0 Å². The summed E-state index contributed by atoms with van der Waals surface area (Å²) in [5.41, 5.74) is 2.02. The third kappa shape index (κ3) is 2.53. The Balaban J connectivity index is 1.43. The predicted octanol–water partition coefficient (Wildman–Crippen LogP) is 4.83. The van der Waals surface area contributed by atoms with Crippen molar-refractivity contribution in [1.82, 2.24) is 5.32 Å². The Hall–Kier alpha value is -2.59. The molecule has 1 amide bonds. The highest BCUT2D eigenvalue weighted by Crippen LogP contribution is 2.50. The molecule has 2 aliphatic rings. The smallest absolute Gasteiger partial charge is 0.232 e. The van der Waals surface area contributed by atoms with Crippen LogP contribution in [0.4, 0.5) is 0 Å². The van der Waals surface area contributed by atoms with E-state index in [1.165, 1.54) is 4.88 Å². The standard InChI is InChI=1S/C22H19NO2S/c24-21(23-14-22(11-12-22)19-10-5-13-26-19)20-15-6-1-3-8-17(15)25-18-9-4-2-7-16(18)20/h1-10,13,20H,11-12,14H2,(H,23,24). The Labute approximate surface area is 156 Å². The highest BCUT2D eigenvalue weighted by Gasteiger charge is 2.45. The molecule has 1 saturated carbocycles. The van der Waals surface area contributed by atoms with Crippen molar-refractivity contribution >= 4 is 17.2 Å². The minimum atomic E-state index is -0.324. The fourth-order valence-corrected chi connectivity index (χ4v) is 4.78. The van der Waals surface area contributed by atoms with Crippen molar-refractivity contribution in [3.63, 3.8) is 0 Å². The molecule has 1 fully saturated rings. The number of para-hydroxylation sites is 2. The van der Waals surface area contributed by atoms with Crippen molar-refractivity contribution < 1.29 is 9.53 Å². The molecule has 1 aliphatic heterocycles. The van der Waals surface area contributed by atoms with E-state index in [0.717, 1.165) is 35.5 Å². The van der Waals surface area contributed by atoms with Gasteiger partial charge in [-0.2, -0.15) is 0 Å². The maximum absolute atomic E-state index is 13.2. The third-order valence-corrected chi connectivity index (χ3v) is 6.56. The fourth-order valence-electron chi connectivity index (χ4n) is 3.79. The molecule has 0 saturated heterocycles. The molecule has 1 N–H and O–H groups in total. The van der Waals surface area contributed by atoms with Gasteiger partial charge in [0, 0.05) is 28.0 Å². The van der Waals surface area contributed by atoms with E-state index in [9.17, 15) is 4.79 Å². The van der Waals surface area contributed by atoms with Crippen LogP contribution in [0.3, 0.4) is 0 Å². The number of hydrogen-bond donors (Lipinski definition) is 1. The summed E-state index contributed by atoms with van der Waals surface area (Å²) in [6, 6.07) is 19.9. The topological polar surface area (TPSA) is 38.3 Å². The van der Waals surface area contributed by atoms with Gasteiger partial charge >= 0.3 is 0 Å². The molecular formula is C22H19NO2S. The lowest BCUT2D eigenvalue weighted by Gasteiger charge is -2.28. The predicted molar refractivity (Wildman–Crippen MR) is 103 cm³/mol. The fraction of sp³-hybridized carbons (Fsp3) is 0.227. The van der Waals surface area contributed by atoms with Crippen molar-refractivity contribution in [1.29, 1.82) is 0 Å². The van der Waals surface area contributed by atoms with Crippen molar-refractivity contribution in [2.24, 2.45) is 0 Å². The van der Waals surface area contributed by atoms with E-state index in [1.807, 2.05) is 48.5 Å². The number of thiophene rings is 1. The van der Waals surface area contributed by atoms with Gasteiger partial charge in [-0.25, -0.2) is 0 Å².